The monoisotopic (exact) mass is 360 g/mol. The molecule has 0 fully saturated rings. The van der Waals surface area contributed by atoms with Gasteiger partial charge in [0.05, 0.1) is 0 Å². The molecule has 1 unspecified atom stereocenters. The first-order valence-corrected chi connectivity index (χ1v) is 8.97. The quantitative estimate of drug-likeness (QED) is 0.648. The number of rotatable bonds is 3. The molecule has 0 saturated carbocycles. The van der Waals surface area contributed by atoms with Crippen molar-refractivity contribution in [3.05, 3.63) is 71.3 Å². The van der Waals surface area contributed by atoms with Gasteiger partial charge in [0.25, 0.3) is 10.1 Å². The summed E-state index contributed by atoms with van der Waals surface area (Å²) < 4.78 is 30.2. The fourth-order valence-electron chi connectivity index (χ4n) is 1.74. The molecule has 0 aromatic heterocycles. The van der Waals surface area contributed by atoms with E-state index in [1.807, 2.05) is 37.3 Å². The molecule has 0 bridgehead atoms. The van der Waals surface area contributed by atoms with Crippen molar-refractivity contribution in [2.45, 2.75) is 25.5 Å². The summed E-state index contributed by atoms with van der Waals surface area (Å²) in [6.45, 7) is 4.00. The van der Waals surface area contributed by atoms with E-state index in [0.29, 0.717) is 5.56 Å². The number of aryl methyl sites for hydroxylation is 2. The molecule has 0 spiro atoms. The Balaban J connectivity index is 0.000000370. The smallest absolute Gasteiger partial charge is 0.325 e. The Morgan fingerprint density at radius 1 is 1.00 bits per heavy atom. The lowest BCUT2D eigenvalue weighted by atomic mass is 10.1. The molecular weight excluding hydrogens is 340 g/mol. The Labute approximate surface area is 148 Å². The van der Waals surface area contributed by atoms with Crippen LogP contribution in [0.4, 0.5) is 0 Å². The van der Waals surface area contributed by atoms with E-state index >= 15 is 0 Å². The minimum atomic E-state index is -4.63. The number of carboxylic acid groups (broad SMARTS) is 1. The van der Waals surface area contributed by atoms with Crippen LogP contribution in [0.25, 0.3) is 0 Å². The SMILES string of the molecule is Cc1ccc(C#CCC(C(=O)O)S(=O)(=O)O)cc1.Cc1ccccc1. The summed E-state index contributed by atoms with van der Waals surface area (Å²) in [7, 11) is -4.63. The molecule has 2 N–H and O–H groups in total. The van der Waals surface area contributed by atoms with Crippen LogP contribution >= 0.6 is 0 Å². The van der Waals surface area contributed by atoms with Crippen LogP contribution in [-0.2, 0) is 14.9 Å². The van der Waals surface area contributed by atoms with Crippen molar-refractivity contribution >= 4 is 16.1 Å². The summed E-state index contributed by atoms with van der Waals surface area (Å²) in [5.41, 5.74) is 3.03. The van der Waals surface area contributed by atoms with Crippen LogP contribution in [0.1, 0.15) is 23.1 Å². The third kappa shape index (κ3) is 8.15. The normalized spacial score (nSPS) is 11.3. The Morgan fingerprint density at radius 3 is 1.92 bits per heavy atom. The molecule has 0 saturated heterocycles. The molecule has 2 aromatic rings. The van der Waals surface area contributed by atoms with Gasteiger partial charge in [-0.1, -0.05) is 65.4 Å². The van der Waals surface area contributed by atoms with Crippen LogP contribution in [0.15, 0.2) is 54.6 Å². The van der Waals surface area contributed by atoms with Crippen LogP contribution in [0.3, 0.4) is 0 Å². The van der Waals surface area contributed by atoms with Crippen molar-refractivity contribution in [2.75, 3.05) is 0 Å². The molecule has 0 heterocycles. The van der Waals surface area contributed by atoms with Crippen molar-refractivity contribution in [1.29, 1.82) is 0 Å². The lowest BCUT2D eigenvalue weighted by Gasteiger charge is -2.03. The molecule has 0 aliphatic carbocycles. The standard InChI is InChI=1S/C12H12O5S.C7H8/c1-9-5-7-10(8-6-9)3-2-4-11(12(13)14)18(15,16)17;1-7-5-3-2-4-6-7/h5-8,11H,4H2,1H3,(H,13,14)(H,15,16,17);2-6H,1H3. The van der Waals surface area contributed by atoms with Gasteiger partial charge in [0.2, 0.25) is 0 Å². The number of hydrogen-bond acceptors (Lipinski definition) is 3. The summed E-state index contributed by atoms with van der Waals surface area (Å²) >= 11 is 0. The molecule has 0 aliphatic rings. The van der Waals surface area contributed by atoms with Gasteiger partial charge in [0, 0.05) is 12.0 Å². The van der Waals surface area contributed by atoms with Gasteiger partial charge in [-0.3, -0.25) is 9.35 Å². The van der Waals surface area contributed by atoms with Gasteiger partial charge >= 0.3 is 5.97 Å². The highest BCUT2D eigenvalue weighted by Crippen LogP contribution is 2.05. The van der Waals surface area contributed by atoms with E-state index in [0.717, 1.165) is 5.56 Å². The molecular formula is C19H20O5S. The summed E-state index contributed by atoms with van der Waals surface area (Å²) in [5.74, 6) is 3.46. The minimum Gasteiger partial charge on any atom is -0.480 e. The van der Waals surface area contributed by atoms with Crippen molar-refractivity contribution in [2.24, 2.45) is 0 Å². The second kappa shape index (κ2) is 9.62. The van der Waals surface area contributed by atoms with Crippen LogP contribution in [-0.4, -0.2) is 29.3 Å². The van der Waals surface area contributed by atoms with Gasteiger partial charge in [-0.05, 0) is 26.0 Å². The number of aliphatic carboxylic acids is 1. The average molecular weight is 360 g/mol. The van der Waals surface area contributed by atoms with Gasteiger partial charge in [0.15, 0.2) is 5.25 Å². The number of hydrogen-bond donors (Lipinski definition) is 2. The molecule has 2 rings (SSSR count). The van der Waals surface area contributed by atoms with E-state index in [1.165, 1.54) is 5.56 Å². The first-order valence-electron chi connectivity index (χ1n) is 7.46. The zero-order valence-electron chi connectivity index (χ0n) is 14.0. The molecule has 6 heteroatoms. The number of carboxylic acids is 1. The Morgan fingerprint density at radius 2 is 1.52 bits per heavy atom. The maximum Gasteiger partial charge on any atom is 0.325 e. The zero-order chi connectivity index (χ0) is 18.9. The topological polar surface area (TPSA) is 91.7 Å². The molecule has 2 aromatic carbocycles. The molecule has 0 aliphatic heterocycles. The first-order chi connectivity index (χ1) is 11.7. The molecule has 25 heavy (non-hydrogen) atoms. The van der Waals surface area contributed by atoms with E-state index in [4.69, 9.17) is 9.66 Å². The second-order valence-electron chi connectivity index (χ2n) is 5.37. The van der Waals surface area contributed by atoms with Gasteiger partial charge in [0.1, 0.15) is 0 Å². The van der Waals surface area contributed by atoms with Crippen LogP contribution < -0.4 is 0 Å². The molecule has 1 atom stereocenters. The van der Waals surface area contributed by atoms with Crippen LogP contribution in [0, 0.1) is 25.7 Å². The van der Waals surface area contributed by atoms with Gasteiger partial charge in [-0.2, -0.15) is 8.42 Å². The minimum absolute atomic E-state index is 0.456. The maximum atomic E-state index is 10.8. The Hall–Kier alpha value is -2.62. The van der Waals surface area contributed by atoms with Crippen molar-refractivity contribution in [1.82, 2.24) is 0 Å². The maximum absolute atomic E-state index is 10.8. The van der Waals surface area contributed by atoms with Gasteiger partial charge in [-0.15, -0.1) is 0 Å². The van der Waals surface area contributed by atoms with E-state index < -0.39 is 27.8 Å². The Bertz CT molecular complexity index is 844. The summed E-state index contributed by atoms with van der Waals surface area (Å²) in [5, 5.41) is 6.73. The lowest BCUT2D eigenvalue weighted by Crippen LogP contribution is -2.29. The number of benzene rings is 2. The zero-order valence-corrected chi connectivity index (χ0v) is 14.8. The predicted molar refractivity (Wildman–Crippen MR) is 96.8 cm³/mol. The average Bonchev–Trinajstić information content (AvgIpc) is 2.53. The lowest BCUT2D eigenvalue weighted by molar-refractivity contribution is -0.136. The first kappa shape index (κ1) is 20.4. The Kier molecular flexibility index (Phi) is 7.86. The third-order valence-electron chi connectivity index (χ3n) is 3.15. The van der Waals surface area contributed by atoms with Crippen molar-refractivity contribution < 1.29 is 22.9 Å². The fourth-order valence-corrected chi connectivity index (χ4v) is 2.29. The molecule has 0 radical (unpaired) electrons. The van der Waals surface area contributed by atoms with Crippen LogP contribution in [0.2, 0.25) is 0 Å². The molecule has 5 nitrogen and oxygen atoms in total. The highest BCUT2D eigenvalue weighted by atomic mass is 32.2. The number of carbonyl (C=O) groups is 1. The highest BCUT2D eigenvalue weighted by molar-refractivity contribution is 7.87. The molecule has 132 valence electrons. The van der Waals surface area contributed by atoms with E-state index in [9.17, 15) is 13.2 Å². The second-order valence-corrected chi connectivity index (χ2v) is 6.97. The summed E-state index contributed by atoms with van der Waals surface area (Å²) in [4.78, 5) is 10.6. The van der Waals surface area contributed by atoms with E-state index in [2.05, 4.69) is 30.9 Å². The van der Waals surface area contributed by atoms with Gasteiger partial charge < -0.3 is 5.11 Å². The van der Waals surface area contributed by atoms with Gasteiger partial charge in [-0.25, -0.2) is 0 Å². The van der Waals surface area contributed by atoms with Crippen molar-refractivity contribution in [3.8, 4) is 11.8 Å². The predicted octanol–water partition coefficient (Wildman–Crippen LogP) is 3.07. The van der Waals surface area contributed by atoms with E-state index in [-0.39, 0.29) is 0 Å². The third-order valence-corrected chi connectivity index (χ3v) is 4.23. The summed E-state index contributed by atoms with van der Waals surface area (Å²) in [6, 6.07) is 17.4. The molecule has 0 amide bonds. The fraction of sp³-hybridized carbons (Fsp3) is 0.211. The summed E-state index contributed by atoms with van der Waals surface area (Å²) in [6.07, 6.45) is -0.456. The largest absolute Gasteiger partial charge is 0.480 e. The van der Waals surface area contributed by atoms with Crippen molar-refractivity contribution in [3.63, 3.8) is 0 Å². The van der Waals surface area contributed by atoms with Crippen LogP contribution in [0.5, 0.6) is 0 Å². The van der Waals surface area contributed by atoms with E-state index in [1.54, 1.807) is 12.1 Å². The highest BCUT2D eigenvalue weighted by Gasteiger charge is 2.29.